The first kappa shape index (κ1) is 14.5. The molecular weight excluding hydrogens is 304 g/mol. The fraction of sp³-hybridized carbons (Fsp3) is 0.533. The summed E-state index contributed by atoms with van der Waals surface area (Å²) >= 11 is 3.49. The van der Waals surface area contributed by atoms with Crippen molar-refractivity contribution in [3.8, 4) is 0 Å². The Bertz CT molecular complexity index is 475. The summed E-state index contributed by atoms with van der Waals surface area (Å²) in [6.45, 7) is 6.98. The van der Waals surface area contributed by atoms with Crippen LogP contribution in [0.25, 0.3) is 0 Å². The summed E-state index contributed by atoms with van der Waals surface area (Å²) in [7, 11) is 2.12. The topological polar surface area (TPSA) is 23.6 Å². The molecule has 1 fully saturated rings. The summed E-state index contributed by atoms with van der Waals surface area (Å²) in [6.07, 6.45) is 1.04. The van der Waals surface area contributed by atoms with E-state index in [9.17, 15) is 4.79 Å². The third kappa shape index (κ3) is 3.37. The number of hydrogen-bond donors (Lipinski definition) is 0. The van der Waals surface area contributed by atoms with Gasteiger partial charge in [0.25, 0.3) is 5.91 Å². The second kappa shape index (κ2) is 6.06. The lowest BCUT2D eigenvalue weighted by atomic mass is 10.1. The van der Waals surface area contributed by atoms with Gasteiger partial charge in [-0.1, -0.05) is 11.6 Å². The first-order valence-corrected chi connectivity index (χ1v) is 7.54. The van der Waals surface area contributed by atoms with Gasteiger partial charge in [0.15, 0.2) is 0 Å². The van der Waals surface area contributed by atoms with E-state index in [-0.39, 0.29) is 11.9 Å². The molecule has 1 aliphatic heterocycles. The maximum absolute atomic E-state index is 12.7. The fourth-order valence-corrected chi connectivity index (χ4v) is 3.05. The predicted molar refractivity (Wildman–Crippen MR) is 81.5 cm³/mol. The van der Waals surface area contributed by atoms with Crippen molar-refractivity contribution in [1.82, 2.24) is 9.80 Å². The van der Waals surface area contributed by atoms with Crippen LogP contribution in [-0.2, 0) is 0 Å². The Morgan fingerprint density at radius 2 is 2.11 bits per heavy atom. The van der Waals surface area contributed by atoms with Gasteiger partial charge >= 0.3 is 0 Å². The zero-order valence-electron chi connectivity index (χ0n) is 11.8. The van der Waals surface area contributed by atoms with Crippen LogP contribution in [0.4, 0.5) is 0 Å². The molecule has 0 bridgehead atoms. The highest BCUT2D eigenvalue weighted by atomic mass is 79.9. The highest BCUT2D eigenvalue weighted by molar-refractivity contribution is 9.10. The van der Waals surface area contributed by atoms with E-state index in [4.69, 9.17) is 0 Å². The van der Waals surface area contributed by atoms with Crippen LogP contribution in [0.15, 0.2) is 22.7 Å². The Kier molecular flexibility index (Phi) is 4.63. The predicted octanol–water partition coefficient (Wildman–Crippen LogP) is 2.92. The van der Waals surface area contributed by atoms with Crippen molar-refractivity contribution in [3.63, 3.8) is 0 Å². The monoisotopic (exact) mass is 324 g/mol. The van der Waals surface area contributed by atoms with Gasteiger partial charge in [0.05, 0.1) is 5.56 Å². The van der Waals surface area contributed by atoms with E-state index in [1.165, 1.54) is 0 Å². The van der Waals surface area contributed by atoms with Crippen molar-refractivity contribution in [2.45, 2.75) is 26.3 Å². The largest absolute Gasteiger partial charge is 0.335 e. The molecule has 1 heterocycles. The molecule has 0 N–H and O–H groups in total. The molecule has 0 aliphatic carbocycles. The first-order chi connectivity index (χ1) is 8.99. The molecule has 1 unspecified atom stereocenters. The van der Waals surface area contributed by atoms with E-state index in [1.807, 2.05) is 30.0 Å². The van der Waals surface area contributed by atoms with Crippen molar-refractivity contribution in [3.05, 3.63) is 33.8 Å². The van der Waals surface area contributed by atoms with Crippen LogP contribution in [0.1, 0.15) is 29.3 Å². The SMILES string of the molecule is Cc1ccc(Br)c(C(=O)N2CCCN(C)CC2C)c1. The van der Waals surface area contributed by atoms with Gasteiger partial charge in [-0.05, 0) is 61.9 Å². The van der Waals surface area contributed by atoms with Crippen molar-refractivity contribution in [2.24, 2.45) is 0 Å². The maximum Gasteiger partial charge on any atom is 0.255 e. The number of likely N-dealkylation sites (N-methyl/N-ethyl adjacent to an activating group) is 1. The number of hydrogen-bond acceptors (Lipinski definition) is 2. The van der Waals surface area contributed by atoms with Crippen LogP contribution in [0, 0.1) is 6.92 Å². The van der Waals surface area contributed by atoms with Crippen molar-refractivity contribution >= 4 is 21.8 Å². The van der Waals surface area contributed by atoms with Crippen molar-refractivity contribution < 1.29 is 4.79 Å². The Morgan fingerprint density at radius 1 is 1.37 bits per heavy atom. The number of amides is 1. The van der Waals surface area contributed by atoms with Crippen LogP contribution in [0.3, 0.4) is 0 Å². The third-order valence-electron chi connectivity index (χ3n) is 3.66. The first-order valence-electron chi connectivity index (χ1n) is 6.74. The molecule has 1 aromatic carbocycles. The third-order valence-corrected chi connectivity index (χ3v) is 4.35. The molecule has 0 radical (unpaired) electrons. The van der Waals surface area contributed by atoms with Crippen LogP contribution in [-0.4, -0.2) is 48.4 Å². The smallest absolute Gasteiger partial charge is 0.255 e. The Hall–Kier alpha value is -0.870. The molecule has 2 rings (SSSR count). The van der Waals surface area contributed by atoms with Gasteiger partial charge in [0.1, 0.15) is 0 Å². The second-order valence-corrected chi connectivity index (χ2v) is 6.30. The molecule has 0 saturated carbocycles. The summed E-state index contributed by atoms with van der Waals surface area (Å²) in [5, 5.41) is 0. The molecule has 1 aliphatic rings. The molecule has 3 nitrogen and oxygen atoms in total. The van der Waals surface area contributed by atoms with Crippen molar-refractivity contribution in [2.75, 3.05) is 26.7 Å². The lowest BCUT2D eigenvalue weighted by molar-refractivity contribution is 0.0695. The normalized spacial score (nSPS) is 21.3. The molecule has 1 amide bonds. The van der Waals surface area contributed by atoms with E-state index in [0.717, 1.165) is 41.7 Å². The minimum absolute atomic E-state index is 0.137. The second-order valence-electron chi connectivity index (χ2n) is 5.45. The Labute approximate surface area is 123 Å². The standard InChI is InChI=1S/C15H21BrN2O/c1-11-5-6-14(16)13(9-11)15(19)18-8-4-7-17(3)10-12(18)2/h5-6,9,12H,4,7-8,10H2,1-3H3. The van der Waals surface area contributed by atoms with E-state index >= 15 is 0 Å². The Balaban J connectivity index is 2.25. The van der Waals surface area contributed by atoms with E-state index in [0.29, 0.717) is 0 Å². The van der Waals surface area contributed by atoms with Crippen LogP contribution in [0.5, 0.6) is 0 Å². The average Bonchev–Trinajstić information content (AvgIpc) is 2.52. The zero-order valence-corrected chi connectivity index (χ0v) is 13.4. The molecule has 4 heteroatoms. The summed E-state index contributed by atoms with van der Waals surface area (Å²) < 4.78 is 0.882. The molecule has 1 saturated heterocycles. The number of aryl methyl sites for hydroxylation is 1. The van der Waals surface area contributed by atoms with Crippen molar-refractivity contribution in [1.29, 1.82) is 0 Å². The highest BCUT2D eigenvalue weighted by Gasteiger charge is 2.26. The number of carbonyl (C=O) groups is 1. The summed E-state index contributed by atoms with van der Waals surface area (Å²) in [4.78, 5) is 17.0. The minimum atomic E-state index is 0.137. The molecule has 0 aromatic heterocycles. The van der Waals surface area contributed by atoms with Gasteiger partial charge in [0.2, 0.25) is 0 Å². The number of halogens is 1. The van der Waals surface area contributed by atoms with E-state index in [1.54, 1.807) is 0 Å². The van der Waals surface area contributed by atoms with Gasteiger partial charge in [-0.2, -0.15) is 0 Å². The summed E-state index contributed by atoms with van der Waals surface area (Å²) in [5.41, 5.74) is 1.89. The molecule has 104 valence electrons. The maximum atomic E-state index is 12.7. The molecule has 1 aromatic rings. The zero-order chi connectivity index (χ0) is 14.0. The van der Waals surface area contributed by atoms with Crippen LogP contribution in [0.2, 0.25) is 0 Å². The van der Waals surface area contributed by atoms with Gasteiger partial charge in [0, 0.05) is 23.6 Å². The van der Waals surface area contributed by atoms with Crippen LogP contribution >= 0.6 is 15.9 Å². The molecule has 0 spiro atoms. The number of carbonyl (C=O) groups excluding carboxylic acids is 1. The number of benzene rings is 1. The van der Waals surface area contributed by atoms with E-state index < -0.39 is 0 Å². The summed E-state index contributed by atoms with van der Waals surface area (Å²) in [5.74, 6) is 0.137. The minimum Gasteiger partial charge on any atom is -0.335 e. The van der Waals surface area contributed by atoms with E-state index in [2.05, 4.69) is 34.8 Å². The van der Waals surface area contributed by atoms with Gasteiger partial charge in [-0.15, -0.1) is 0 Å². The van der Waals surface area contributed by atoms with Gasteiger partial charge in [-0.3, -0.25) is 4.79 Å². The number of nitrogens with zero attached hydrogens (tertiary/aromatic N) is 2. The molecule has 19 heavy (non-hydrogen) atoms. The fourth-order valence-electron chi connectivity index (χ4n) is 2.63. The lowest BCUT2D eigenvalue weighted by Crippen LogP contribution is -2.42. The van der Waals surface area contributed by atoms with Crippen LogP contribution < -0.4 is 0 Å². The Morgan fingerprint density at radius 3 is 2.84 bits per heavy atom. The van der Waals surface area contributed by atoms with Gasteiger partial charge < -0.3 is 9.80 Å². The highest BCUT2D eigenvalue weighted by Crippen LogP contribution is 2.22. The number of rotatable bonds is 1. The quantitative estimate of drug-likeness (QED) is 0.793. The molecule has 1 atom stereocenters. The molecular formula is C15H21BrN2O. The average molecular weight is 325 g/mol. The lowest BCUT2D eigenvalue weighted by Gasteiger charge is -2.28. The van der Waals surface area contributed by atoms with Gasteiger partial charge in [-0.25, -0.2) is 0 Å². The summed E-state index contributed by atoms with van der Waals surface area (Å²) in [6, 6.07) is 6.19.